The summed E-state index contributed by atoms with van der Waals surface area (Å²) in [6, 6.07) is 4.48. The third-order valence-electron chi connectivity index (χ3n) is 1.45. The van der Waals surface area contributed by atoms with E-state index in [1.165, 1.54) is 6.07 Å². The molecule has 0 saturated carbocycles. The minimum absolute atomic E-state index is 0.0492. The summed E-state index contributed by atoms with van der Waals surface area (Å²) in [5, 5.41) is 7.01. The van der Waals surface area contributed by atoms with Crippen LogP contribution in [0, 0.1) is 5.82 Å². The van der Waals surface area contributed by atoms with Crippen LogP contribution in [0.1, 0.15) is 0 Å². The van der Waals surface area contributed by atoms with Crippen LogP contribution in [0.4, 0.5) is 10.3 Å². The summed E-state index contributed by atoms with van der Waals surface area (Å²) in [5.74, 6) is -0.388. The molecule has 0 aliphatic heterocycles. The highest BCUT2D eigenvalue weighted by Gasteiger charge is 2.02. The predicted molar refractivity (Wildman–Crippen MR) is 41.7 cm³/mol. The molecule has 2 N–H and O–H groups in total. The molecule has 0 aliphatic rings. The molecule has 0 aliphatic carbocycles. The Balaban J connectivity index is 2.86. The summed E-state index contributed by atoms with van der Waals surface area (Å²) in [6.07, 6.45) is 0. The first kappa shape index (κ1) is 6.90. The Morgan fingerprint density at radius 2 is 2.08 bits per heavy atom. The zero-order valence-electron chi connectivity index (χ0n) is 6.03. The molecule has 12 heavy (non-hydrogen) atoms. The highest BCUT2D eigenvalue weighted by molar-refractivity contribution is 5.74. The van der Waals surface area contributed by atoms with Gasteiger partial charge in [-0.2, -0.15) is 0 Å². The standard InChI is InChI=1S/C7H5FN4/c8-4-2-1-3-5-6(4)11-12-7(9)10-5/h1-3H,(H2,9,10,12). The average molecular weight is 164 g/mol. The van der Waals surface area contributed by atoms with Gasteiger partial charge in [-0.05, 0) is 12.1 Å². The van der Waals surface area contributed by atoms with E-state index in [1.807, 2.05) is 0 Å². The quantitative estimate of drug-likeness (QED) is 0.623. The lowest BCUT2D eigenvalue weighted by atomic mass is 10.3. The Hall–Kier alpha value is -1.78. The van der Waals surface area contributed by atoms with Gasteiger partial charge >= 0.3 is 0 Å². The van der Waals surface area contributed by atoms with Gasteiger partial charge in [0.1, 0.15) is 5.52 Å². The number of aromatic nitrogens is 3. The molecule has 0 amide bonds. The first-order valence-electron chi connectivity index (χ1n) is 3.32. The number of benzene rings is 1. The van der Waals surface area contributed by atoms with Gasteiger partial charge in [-0.25, -0.2) is 9.37 Å². The molecule has 0 atom stereocenters. The predicted octanol–water partition coefficient (Wildman–Crippen LogP) is 0.746. The van der Waals surface area contributed by atoms with Crippen molar-refractivity contribution >= 4 is 17.0 Å². The lowest BCUT2D eigenvalue weighted by molar-refractivity contribution is 0.634. The van der Waals surface area contributed by atoms with Gasteiger partial charge in [0, 0.05) is 0 Å². The largest absolute Gasteiger partial charge is 0.366 e. The summed E-state index contributed by atoms with van der Waals surface area (Å²) in [6.45, 7) is 0. The van der Waals surface area contributed by atoms with E-state index >= 15 is 0 Å². The normalized spacial score (nSPS) is 10.4. The maximum Gasteiger partial charge on any atom is 0.240 e. The van der Waals surface area contributed by atoms with E-state index in [2.05, 4.69) is 15.2 Å². The van der Waals surface area contributed by atoms with Crippen LogP contribution in [-0.4, -0.2) is 15.2 Å². The second-order valence-electron chi connectivity index (χ2n) is 2.28. The lowest BCUT2D eigenvalue weighted by Crippen LogP contribution is -1.98. The van der Waals surface area contributed by atoms with Crippen LogP contribution in [0.25, 0.3) is 11.0 Å². The summed E-state index contributed by atoms with van der Waals surface area (Å²) >= 11 is 0. The number of nitrogens with two attached hydrogens (primary N) is 1. The number of hydrogen-bond acceptors (Lipinski definition) is 4. The maximum absolute atomic E-state index is 12.9. The number of halogens is 1. The first-order chi connectivity index (χ1) is 5.77. The molecular formula is C7H5FN4. The van der Waals surface area contributed by atoms with Crippen molar-refractivity contribution in [1.82, 2.24) is 15.2 Å². The first-order valence-corrected chi connectivity index (χ1v) is 3.32. The molecule has 1 aromatic heterocycles. The molecule has 60 valence electrons. The molecule has 0 bridgehead atoms. The van der Waals surface area contributed by atoms with Gasteiger partial charge in [-0.3, -0.25) is 0 Å². The van der Waals surface area contributed by atoms with Gasteiger partial charge in [-0.15, -0.1) is 10.2 Å². The Bertz CT molecular complexity index is 429. The molecule has 1 heterocycles. The Kier molecular flexibility index (Phi) is 1.36. The molecule has 1 aromatic carbocycles. The zero-order chi connectivity index (χ0) is 8.55. The summed E-state index contributed by atoms with van der Waals surface area (Å²) in [7, 11) is 0. The van der Waals surface area contributed by atoms with Crippen molar-refractivity contribution < 1.29 is 4.39 Å². The van der Waals surface area contributed by atoms with E-state index in [0.29, 0.717) is 5.52 Å². The van der Waals surface area contributed by atoms with E-state index in [4.69, 9.17) is 5.73 Å². The van der Waals surface area contributed by atoms with Crippen LogP contribution in [0.5, 0.6) is 0 Å². The molecule has 5 heteroatoms. The van der Waals surface area contributed by atoms with Gasteiger partial charge < -0.3 is 5.73 Å². The lowest BCUT2D eigenvalue weighted by Gasteiger charge is -1.95. The summed E-state index contributed by atoms with van der Waals surface area (Å²) < 4.78 is 12.9. The van der Waals surface area contributed by atoms with Gasteiger partial charge in [0.2, 0.25) is 5.95 Å². The summed E-state index contributed by atoms with van der Waals surface area (Å²) in [5.41, 5.74) is 5.83. The molecule has 0 radical (unpaired) electrons. The maximum atomic E-state index is 12.9. The topological polar surface area (TPSA) is 64.7 Å². The fraction of sp³-hybridized carbons (Fsp3) is 0. The monoisotopic (exact) mass is 164 g/mol. The molecule has 0 saturated heterocycles. The second kappa shape index (κ2) is 2.37. The van der Waals surface area contributed by atoms with E-state index in [-0.39, 0.29) is 11.5 Å². The van der Waals surface area contributed by atoms with Crippen LogP contribution < -0.4 is 5.73 Å². The van der Waals surface area contributed by atoms with Crippen LogP contribution in [0.2, 0.25) is 0 Å². The molecule has 0 fully saturated rings. The van der Waals surface area contributed by atoms with Gasteiger partial charge in [0.15, 0.2) is 5.82 Å². The van der Waals surface area contributed by atoms with Crippen molar-refractivity contribution in [2.45, 2.75) is 0 Å². The number of nitrogens with zero attached hydrogens (tertiary/aromatic N) is 3. The molecular weight excluding hydrogens is 159 g/mol. The smallest absolute Gasteiger partial charge is 0.240 e. The van der Waals surface area contributed by atoms with Crippen molar-refractivity contribution in [2.75, 3.05) is 5.73 Å². The van der Waals surface area contributed by atoms with E-state index in [9.17, 15) is 4.39 Å². The SMILES string of the molecule is Nc1nnc2c(F)cccc2n1. The van der Waals surface area contributed by atoms with Crippen LogP contribution in [-0.2, 0) is 0 Å². The number of hydrogen-bond donors (Lipinski definition) is 1. The third-order valence-corrected chi connectivity index (χ3v) is 1.45. The van der Waals surface area contributed by atoms with Crippen molar-refractivity contribution in [3.8, 4) is 0 Å². The van der Waals surface area contributed by atoms with Crippen molar-refractivity contribution in [3.05, 3.63) is 24.0 Å². The molecule has 2 rings (SSSR count). The molecule has 0 spiro atoms. The van der Waals surface area contributed by atoms with Crippen molar-refractivity contribution in [2.24, 2.45) is 0 Å². The number of anilines is 1. The highest BCUT2D eigenvalue weighted by atomic mass is 19.1. The minimum atomic E-state index is -0.437. The van der Waals surface area contributed by atoms with Gasteiger partial charge in [0.25, 0.3) is 0 Å². The third kappa shape index (κ3) is 0.952. The summed E-state index contributed by atoms with van der Waals surface area (Å²) in [4.78, 5) is 3.80. The minimum Gasteiger partial charge on any atom is -0.366 e. The van der Waals surface area contributed by atoms with Crippen LogP contribution >= 0.6 is 0 Å². The number of fused-ring (bicyclic) bond motifs is 1. The Morgan fingerprint density at radius 3 is 2.92 bits per heavy atom. The Morgan fingerprint density at radius 1 is 1.25 bits per heavy atom. The highest BCUT2D eigenvalue weighted by Crippen LogP contribution is 2.11. The fourth-order valence-electron chi connectivity index (χ4n) is 0.940. The molecule has 4 nitrogen and oxygen atoms in total. The Labute approximate surface area is 67.2 Å². The fourth-order valence-corrected chi connectivity index (χ4v) is 0.940. The van der Waals surface area contributed by atoms with Crippen molar-refractivity contribution in [1.29, 1.82) is 0 Å². The van der Waals surface area contributed by atoms with Gasteiger partial charge in [0.05, 0.1) is 5.52 Å². The molecule has 2 aromatic rings. The van der Waals surface area contributed by atoms with Crippen LogP contribution in [0.3, 0.4) is 0 Å². The van der Waals surface area contributed by atoms with E-state index < -0.39 is 5.82 Å². The second-order valence-corrected chi connectivity index (χ2v) is 2.28. The van der Waals surface area contributed by atoms with E-state index in [0.717, 1.165) is 0 Å². The zero-order valence-corrected chi connectivity index (χ0v) is 6.03. The van der Waals surface area contributed by atoms with E-state index in [1.54, 1.807) is 12.1 Å². The molecule has 0 unspecified atom stereocenters. The van der Waals surface area contributed by atoms with Crippen LogP contribution in [0.15, 0.2) is 18.2 Å². The number of nitrogen functional groups attached to an aromatic ring is 1. The number of rotatable bonds is 0. The van der Waals surface area contributed by atoms with Crippen molar-refractivity contribution in [3.63, 3.8) is 0 Å². The van der Waals surface area contributed by atoms with Gasteiger partial charge in [-0.1, -0.05) is 6.07 Å². The average Bonchev–Trinajstić information content (AvgIpc) is 2.04.